The second-order valence-corrected chi connectivity index (χ2v) is 7.95. The fraction of sp³-hybridized carbons (Fsp3) is 0.333. The van der Waals surface area contributed by atoms with Crippen molar-refractivity contribution in [1.82, 2.24) is 4.90 Å². The number of carboxylic acids is 1. The number of carbonyl (C=O) groups excluding carboxylic acids is 1. The first-order chi connectivity index (χ1) is 14.0. The number of amides is 1. The maximum atomic E-state index is 12.2. The molecule has 1 aromatic carbocycles. The molecule has 8 nitrogen and oxygen atoms in total. The molecule has 9 heteroatoms. The van der Waals surface area contributed by atoms with Crippen molar-refractivity contribution in [2.24, 2.45) is 21.7 Å². The molecule has 4 aliphatic heterocycles. The molecule has 1 unspecified atom stereocenters. The van der Waals surface area contributed by atoms with Crippen molar-refractivity contribution >= 4 is 23.9 Å². The van der Waals surface area contributed by atoms with E-state index in [9.17, 15) is 9.59 Å². The molecule has 3 N–H and O–H groups in total. The first-order valence-corrected chi connectivity index (χ1v) is 9.83. The third kappa shape index (κ3) is 3.17. The SMILES string of the molecule is N[N+]12C=CN=CC1=C([C@@H]1CC[C@H]3CCC(=O)N3C1)N=C2c1ccc(C(=O)O)cc1.[H-].[Li+]. The van der Waals surface area contributed by atoms with Gasteiger partial charge in [0.05, 0.1) is 23.5 Å². The van der Waals surface area contributed by atoms with Crippen LogP contribution in [0.4, 0.5) is 0 Å². The van der Waals surface area contributed by atoms with E-state index in [2.05, 4.69) is 4.99 Å². The van der Waals surface area contributed by atoms with Crippen LogP contribution in [0.25, 0.3) is 0 Å². The average molecular weight is 400 g/mol. The molecule has 3 atom stereocenters. The Bertz CT molecular complexity index is 1040. The number of allylic oxidation sites excluding steroid dienone is 1. The molecule has 1 aromatic rings. The molecular formula is C21H23LiN5O3+. The Balaban J connectivity index is 0.00000136. The minimum absolute atomic E-state index is 0. The number of carbonyl (C=O) groups is 2. The van der Waals surface area contributed by atoms with Gasteiger partial charge in [-0.05, 0) is 43.5 Å². The van der Waals surface area contributed by atoms with Gasteiger partial charge in [-0.2, -0.15) is 10.8 Å². The number of aromatic carboxylic acids is 1. The number of fused-ring (bicyclic) bond motifs is 2. The molecule has 150 valence electrons. The summed E-state index contributed by atoms with van der Waals surface area (Å²) in [5, 5.41) is 9.16. The van der Waals surface area contributed by atoms with Crippen LogP contribution in [-0.2, 0) is 4.79 Å². The van der Waals surface area contributed by atoms with Gasteiger partial charge in [0.2, 0.25) is 11.6 Å². The Kier molecular flexibility index (Phi) is 5.28. The molecule has 5 rings (SSSR count). The van der Waals surface area contributed by atoms with E-state index in [1.165, 1.54) is 0 Å². The van der Waals surface area contributed by atoms with Gasteiger partial charge in [-0.15, -0.1) is 4.59 Å². The van der Waals surface area contributed by atoms with Crippen LogP contribution in [0.2, 0.25) is 0 Å². The van der Waals surface area contributed by atoms with Crippen LogP contribution in [0.3, 0.4) is 0 Å². The fourth-order valence-corrected chi connectivity index (χ4v) is 4.76. The minimum Gasteiger partial charge on any atom is -1.00 e. The topological polar surface area (TPSA) is 108 Å². The molecule has 0 radical (unpaired) electrons. The Morgan fingerprint density at radius 1 is 1.23 bits per heavy atom. The van der Waals surface area contributed by atoms with Gasteiger partial charge in [-0.1, -0.05) is 0 Å². The quantitative estimate of drug-likeness (QED) is 0.390. The smallest absolute Gasteiger partial charge is 1.00 e. The summed E-state index contributed by atoms with van der Waals surface area (Å²) in [6, 6.07) is 6.93. The van der Waals surface area contributed by atoms with E-state index in [1.54, 1.807) is 42.9 Å². The molecule has 0 aromatic heterocycles. The van der Waals surface area contributed by atoms with Crippen molar-refractivity contribution in [3.63, 3.8) is 0 Å². The van der Waals surface area contributed by atoms with Crippen molar-refractivity contribution in [2.45, 2.75) is 31.7 Å². The molecule has 0 saturated carbocycles. The number of benzene rings is 1. The third-order valence-corrected chi connectivity index (χ3v) is 6.32. The Hall–Kier alpha value is -2.50. The zero-order valence-corrected chi connectivity index (χ0v) is 16.9. The first kappa shape index (κ1) is 20.8. The van der Waals surface area contributed by atoms with Crippen LogP contribution in [-0.4, -0.2) is 51.1 Å². The van der Waals surface area contributed by atoms with Crippen LogP contribution >= 0.6 is 0 Å². The number of hydrogen-bond acceptors (Lipinski definition) is 5. The number of amidine groups is 1. The normalized spacial score (nSPS) is 29.4. The number of hydrogen-bond donors (Lipinski definition) is 2. The zero-order chi connectivity index (χ0) is 20.2. The molecule has 0 aliphatic carbocycles. The van der Waals surface area contributed by atoms with E-state index in [1.807, 2.05) is 4.90 Å². The van der Waals surface area contributed by atoms with Gasteiger partial charge >= 0.3 is 24.8 Å². The molecule has 0 spiro atoms. The number of piperidine rings is 1. The molecule has 4 heterocycles. The fourth-order valence-electron chi connectivity index (χ4n) is 4.76. The minimum atomic E-state index is -0.974. The number of nitrogens with zero attached hydrogens (tertiary/aromatic N) is 4. The first-order valence-electron chi connectivity index (χ1n) is 9.83. The Morgan fingerprint density at radius 3 is 2.73 bits per heavy atom. The van der Waals surface area contributed by atoms with E-state index in [4.69, 9.17) is 15.9 Å². The molecule has 1 amide bonds. The molecular weight excluding hydrogens is 377 g/mol. The second kappa shape index (κ2) is 7.64. The summed E-state index contributed by atoms with van der Waals surface area (Å²) in [4.78, 5) is 34.6. The summed E-state index contributed by atoms with van der Waals surface area (Å²) in [6.07, 6.45) is 8.68. The predicted molar refractivity (Wildman–Crippen MR) is 108 cm³/mol. The standard InChI is InChI=1S/C21H21N5O3.Li.H/c22-26-10-9-23-11-17(26)19(15-5-6-16-7-8-18(27)25(16)12-15)24-20(26)13-1-3-14(4-2-13)21(28)29;;/h1-4,9-11,15-16H,5-8,12,22H2;;/q;+1;-1/p+1/t15-,16+,26?;;/m1../s1. The molecule has 2 fully saturated rings. The van der Waals surface area contributed by atoms with Crippen LogP contribution in [0, 0.1) is 5.92 Å². The summed E-state index contributed by atoms with van der Waals surface area (Å²) >= 11 is 0. The largest absolute Gasteiger partial charge is 1.00 e. The summed E-state index contributed by atoms with van der Waals surface area (Å²) in [6.45, 7) is 0.661. The van der Waals surface area contributed by atoms with Gasteiger partial charge in [0.15, 0.2) is 0 Å². The van der Waals surface area contributed by atoms with Gasteiger partial charge in [-0.3, -0.25) is 9.79 Å². The second-order valence-electron chi connectivity index (χ2n) is 7.95. The number of nitrogens with two attached hydrogens (primary N) is 1. The van der Waals surface area contributed by atoms with Gasteiger partial charge in [0.1, 0.15) is 11.9 Å². The Labute approximate surface area is 187 Å². The summed E-state index contributed by atoms with van der Waals surface area (Å²) in [5.41, 5.74) is 2.65. The summed E-state index contributed by atoms with van der Waals surface area (Å²) in [7, 11) is 0. The zero-order valence-electron chi connectivity index (χ0n) is 17.9. The average Bonchev–Trinajstić information content (AvgIpc) is 3.25. The summed E-state index contributed by atoms with van der Waals surface area (Å²) in [5.74, 6) is 6.73. The van der Waals surface area contributed by atoms with Gasteiger partial charge < -0.3 is 11.4 Å². The molecule has 2 saturated heterocycles. The number of carboxylic acid groups (broad SMARTS) is 1. The van der Waals surface area contributed by atoms with Crippen LogP contribution in [0.5, 0.6) is 0 Å². The Morgan fingerprint density at radius 2 is 2.00 bits per heavy atom. The van der Waals surface area contributed by atoms with E-state index in [0.29, 0.717) is 24.8 Å². The van der Waals surface area contributed by atoms with Crippen molar-refractivity contribution in [3.8, 4) is 0 Å². The van der Waals surface area contributed by atoms with Crippen molar-refractivity contribution in [3.05, 3.63) is 59.2 Å². The van der Waals surface area contributed by atoms with E-state index < -0.39 is 5.97 Å². The number of quaternary nitrogens is 1. The predicted octanol–water partition coefficient (Wildman–Crippen LogP) is -0.880. The maximum Gasteiger partial charge on any atom is 1.00 e. The van der Waals surface area contributed by atoms with Gasteiger partial charge in [0.25, 0.3) is 5.84 Å². The molecule has 30 heavy (non-hydrogen) atoms. The van der Waals surface area contributed by atoms with E-state index >= 15 is 0 Å². The molecule has 4 aliphatic rings. The van der Waals surface area contributed by atoms with Crippen LogP contribution in [0.15, 0.2) is 58.0 Å². The van der Waals surface area contributed by atoms with E-state index in [-0.39, 0.29) is 42.3 Å². The van der Waals surface area contributed by atoms with Gasteiger partial charge in [-0.25, -0.2) is 4.79 Å². The van der Waals surface area contributed by atoms with Crippen molar-refractivity contribution in [2.75, 3.05) is 6.54 Å². The maximum absolute atomic E-state index is 12.2. The van der Waals surface area contributed by atoms with Crippen LogP contribution < -0.4 is 24.7 Å². The van der Waals surface area contributed by atoms with Crippen molar-refractivity contribution in [1.29, 1.82) is 0 Å². The van der Waals surface area contributed by atoms with Gasteiger partial charge in [0, 0.05) is 24.9 Å². The van der Waals surface area contributed by atoms with E-state index in [0.717, 1.165) is 36.2 Å². The number of aliphatic imine (C=N–C) groups is 2. The van der Waals surface area contributed by atoms with Crippen molar-refractivity contribution < 1.29 is 39.6 Å². The van der Waals surface area contributed by atoms with Crippen LogP contribution in [0.1, 0.15) is 43.0 Å². The summed E-state index contributed by atoms with van der Waals surface area (Å²) < 4.78 is -0.0981. The third-order valence-electron chi connectivity index (χ3n) is 6.32. The molecule has 0 bridgehead atoms. The number of rotatable bonds is 3. The monoisotopic (exact) mass is 400 g/mol.